The summed E-state index contributed by atoms with van der Waals surface area (Å²) in [6.07, 6.45) is 3.30. The Balaban J connectivity index is 4.11. The normalized spacial score (nSPS) is 14.4. The lowest BCUT2D eigenvalue weighted by atomic mass is 10.1. The third kappa shape index (κ3) is 6.58. The molecule has 0 aromatic carbocycles. The van der Waals surface area contributed by atoms with E-state index in [2.05, 4.69) is 13.5 Å². The quantitative estimate of drug-likeness (QED) is 0.585. The molecule has 0 saturated heterocycles. The molecule has 1 N–H and O–H groups in total. The van der Waals surface area contributed by atoms with Crippen LogP contribution in [0, 0.1) is 0 Å². The van der Waals surface area contributed by atoms with Crippen LogP contribution in [0.5, 0.6) is 0 Å². The number of hydrogen-bond donors (Lipinski definition) is 1. The number of ether oxygens (including phenoxy) is 2. The summed E-state index contributed by atoms with van der Waals surface area (Å²) in [6.45, 7) is 8.49. The van der Waals surface area contributed by atoms with Gasteiger partial charge >= 0.3 is 5.97 Å². The van der Waals surface area contributed by atoms with E-state index >= 15 is 0 Å². The number of carboxylic acid groups (broad SMARTS) is 1. The SMILES string of the molecule is C=C[C@@H](OCC)C(CCC)OCCC(=O)O. The predicted octanol–water partition coefficient (Wildman–Crippen LogP) is 2.24. The van der Waals surface area contributed by atoms with Crippen molar-refractivity contribution in [1.29, 1.82) is 0 Å². The number of carbonyl (C=O) groups is 1. The molecule has 4 heteroatoms. The lowest BCUT2D eigenvalue weighted by molar-refractivity contribution is -0.139. The molecule has 0 rings (SSSR count). The molecule has 0 radical (unpaired) electrons. The van der Waals surface area contributed by atoms with Crippen molar-refractivity contribution in [3.63, 3.8) is 0 Å². The van der Waals surface area contributed by atoms with E-state index < -0.39 is 5.97 Å². The van der Waals surface area contributed by atoms with E-state index in [1.54, 1.807) is 6.08 Å². The Labute approximate surface area is 97.2 Å². The smallest absolute Gasteiger partial charge is 0.305 e. The van der Waals surface area contributed by atoms with Crippen molar-refractivity contribution in [1.82, 2.24) is 0 Å². The Kier molecular flexibility index (Phi) is 8.85. The Bertz CT molecular complexity index is 203. The van der Waals surface area contributed by atoms with Crippen molar-refractivity contribution in [3.8, 4) is 0 Å². The maximum absolute atomic E-state index is 10.4. The fraction of sp³-hybridized carbons (Fsp3) is 0.750. The third-order valence-electron chi connectivity index (χ3n) is 2.18. The van der Waals surface area contributed by atoms with Gasteiger partial charge in [-0.3, -0.25) is 4.79 Å². The average Bonchev–Trinajstić information content (AvgIpc) is 2.24. The molecule has 0 spiro atoms. The first-order valence-electron chi connectivity index (χ1n) is 5.73. The molecule has 1 unspecified atom stereocenters. The van der Waals surface area contributed by atoms with Crippen molar-refractivity contribution in [3.05, 3.63) is 12.7 Å². The van der Waals surface area contributed by atoms with E-state index in [1.807, 2.05) is 6.92 Å². The first-order valence-corrected chi connectivity index (χ1v) is 5.73. The van der Waals surface area contributed by atoms with E-state index in [9.17, 15) is 4.79 Å². The van der Waals surface area contributed by atoms with Gasteiger partial charge in [0, 0.05) is 6.61 Å². The molecule has 0 heterocycles. The van der Waals surface area contributed by atoms with Crippen molar-refractivity contribution in [2.45, 2.75) is 45.3 Å². The van der Waals surface area contributed by atoms with Crippen LogP contribution in [-0.4, -0.2) is 36.5 Å². The summed E-state index contributed by atoms with van der Waals surface area (Å²) in [6, 6.07) is 0. The highest BCUT2D eigenvalue weighted by Crippen LogP contribution is 2.12. The summed E-state index contributed by atoms with van der Waals surface area (Å²) >= 11 is 0. The molecule has 0 aliphatic carbocycles. The van der Waals surface area contributed by atoms with Crippen LogP contribution in [0.25, 0.3) is 0 Å². The largest absolute Gasteiger partial charge is 0.481 e. The highest BCUT2D eigenvalue weighted by atomic mass is 16.5. The Morgan fingerprint density at radius 1 is 1.44 bits per heavy atom. The molecule has 0 fully saturated rings. The molecule has 0 bridgehead atoms. The van der Waals surface area contributed by atoms with E-state index in [0.29, 0.717) is 6.61 Å². The number of rotatable bonds is 10. The van der Waals surface area contributed by atoms with Crippen LogP contribution < -0.4 is 0 Å². The van der Waals surface area contributed by atoms with Crippen LogP contribution >= 0.6 is 0 Å². The predicted molar refractivity (Wildman–Crippen MR) is 62.5 cm³/mol. The zero-order chi connectivity index (χ0) is 12.4. The van der Waals surface area contributed by atoms with Gasteiger partial charge < -0.3 is 14.6 Å². The van der Waals surface area contributed by atoms with Crippen LogP contribution in [0.2, 0.25) is 0 Å². The van der Waals surface area contributed by atoms with Crippen molar-refractivity contribution < 1.29 is 19.4 Å². The third-order valence-corrected chi connectivity index (χ3v) is 2.18. The summed E-state index contributed by atoms with van der Waals surface area (Å²) in [5, 5.41) is 8.52. The van der Waals surface area contributed by atoms with Gasteiger partial charge in [-0.15, -0.1) is 6.58 Å². The lowest BCUT2D eigenvalue weighted by Gasteiger charge is -2.24. The molecule has 0 amide bonds. The second-order valence-electron chi connectivity index (χ2n) is 3.50. The standard InChI is InChI=1S/C12H22O4/c1-4-7-11(10(5-2)15-6-3)16-9-8-12(13)14/h5,10-11H,2,4,6-9H2,1,3H3,(H,13,14)/t10-,11?/m1/s1. The van der Waals surface area contributed by atoms with Crippen molar-refractivity contribution in [2.24, 2.45) is 0 Å². The number of aliphatic carboxylic acids is 1. The van der Waals surface area contributed by atoms with Gasteiger partial charge in [-0.1, -0.05) is 19.4 Å². The minimum atomic E-state index is -0.846. The zero-order valence-electron chi connectivity index (χ0n) is 10.1. The summed E-state index contributed by atoms with van der Waals surface area (Å²) in [5.41, 5.74) is 0. The summed E-state index contributed by atoms with van der Waals surface area (Å²) in [4.78, 5) is 10.4. The van der Waals surface area contributed by atoms with Crippen LogP contribution in [-0.2, 0) is 14.3 Å². The topological polar surface area (TPSA) is 55.8 Å². The van der Waals surface area contributed by atoms with Crippen LogP contribution in [0.4, 0.5) is 0 Å². The molecule has 16 heavy (non-hydrogen) atoms. The van der Waals surface area contributed by atoms with Gasteiger partial charge in [-0.05, 0) is 13.3 Å². The minimum Gasteiger partial charge on any atom is -0.481 e. The molecule has 2 atom stereocenters. The zero-order valence-corrected chi connectivity index (χ0v) is 10.1. The van der Waals surface area contributed by atoms with Crippen molar-refractivity contribution in [2.75, 3.05) is 13.2 Å². The van der Waals surface area contributed by atoms with E-state index in [-0.39, 0.29) is 25.2 Å². The van der Waals surface area contributed by atoms with E-state index in [0.717, 1.165) is 12.8 Å². The van der Waals surface area contributed by atoms with E-state index in [1.165, 1.54) is 0 Å². The van der Waals surface area contributed by atoms with E-state index in [4.69, 9.17) is 14.6 Å². The van der Waals surface area contributed by atoms with Gasteiger partial charge in [0.2, 0.25) is 0 Å². The Morgan fingerprint density at radius 2 is 2.12 bits per heavy atom. The van der Waals surface area contributed by atoms with Gasteiger partial charge in [0.25, 0.3) is 0 Å². The molecule has 0 aromatic rings. The molecular weight excluding hydrogens is 208 g/mol. The highest BCUT2D eigenvalue weighted by Gasteiger charge is 2.19. The van der Waals surface area contributed by atoms with Gasteiger partial charge in [-0.25, -0.2) is 0 Å². The Hall–Kier alpha value is -0.870. The maximum Gasteiger partial charge on any atom is 0.305 e. The molecule has 0 aromatic heterocycles. The average molecular weight is 230 g/mol. The van der Waals surface area contributed by atoms with Crippen LogP contribution in [0.15, 0.2) is 12.7 Å². The fourth-order valence-corrected chi connectivity index (χ4v) is 1.44. The molecular formula is C12H22O4. The first-order chi connectivity index (χ1) is 7.65. The monoisotopic (exact) mass is 230 g/mol. The highest BCUT2D eigenvalue weighted by molar-refractivity contribution is 5.66. The molecule has 0 aliphatic heterocycles. The minimum absolute atomic E-state index is 0.0240. The maximum atomic E-state index is 10.4. The van der Waals surface area contributed by atoms with Crippen LogP contribution in [0.3, 0.4) is 0 Å². The van der Waals surface area contributed by atoms with Gasteiger partial charge in [0.15, 0.2) is 0 Å². The second kappa shape index (κ2) is 9.36. The fourth-order valence-electron chi connectivity index (χ4n) is 1.44. The summed E-state index contributed by atoms with van der Waals surface area (Å²) in [5.74, 6) is -0.846. The van der Waals surface area contributed by atoms with Crippen LogP contribution in [0.1, 0.15) is 33.1 Å². The molecule has 0 saturated carbocycles. The van der Waals surface area contributed by atoms with Gasteiger partial charge in [0.05, 0.1) is 19.1 Å². The number of carboxylic acids is 1. The Morgan fingerprint density at radius 3 is 2.56 bits per heavy atom. The summed E-state index contributed by atoms with van der Waals surface area (Å²) < 4.78 is 11.0. The van der Waals surface area contributed by atoms with Crippen molar-refractivity contribution >= 4 is 5.97 Å². The van der Waals surface area contributed by atoms with Gasteiger partial charge in [0.1, 0.15) is 6.10 Å². The first kappa shape index (κ1) is 15.1. The summed E-state index contributed by atoms with van der Waals surface area (Å²) in [7, 11) is 0. The molecule has 94 valence electrons. The molecule has 0 aliphatic rings. The number of hydrogen-bond acceptors (Lipinski definition) is 3. The second-order valence-corrected chi connectivity index (χ2v) is 3.50. The van der Waals surface area contributed by atoms with Gasteiger partial charge in [-0.2, -0.15) is 0 Å². The lowest BCUT2D eigenvalue weighted by Crippen LogP contribution is -2.30. The molecule has 4 nitrogen and oxygen atoms in total.